The molecule has 2 aromatic heterocycles. The maximum atomic E-state index is 12.5. The summed E-state index contributed by atoms with van der Waals surface area (Å²) in [6.07, 6.45) is 1.59. The van der Waals surface area contributed by atoms with Crippen molar-refractivity contribution in [3.05, 3.63) is 64.8 Å². The number of hydrogen-bond acceptors (Lipinski definition) is 3. The number of pyridine rings is 1. The smallest absolute Gasteiger partial charge is 0.260 e. The monoisotopic (exact) mass is 254 g/mol. The van der Waals surface area contributed by atoms with Crippen molar-refractivity contribution in [2.45, 2.75) is 13.0 Å². The van der Waals surface area contributed by atoms with Gasteiger partial charge in [0.15, 0.2) is 0 Å². The highest BCUT2D eigenvalue weighted by atomic mass is 16.3. The van der Waals surface area contributed by atoms with E-state index in [1.165, 1.54) is 0 Å². The van der Waals surface area contributed by atoms with Gasteiger partial charge in [-0.05, 0) is 36.6 Å². The molecule has 1 atom stereocenters. The Morgan fingerprint density at radius 2 is 2.00 bits per heavy atom. The summed E-state index contributed by atoms with van der Waals surface area (Å²) in [5.74, 6) is 1.15. The Morgan fingerprint density at radius 3 is 2.74 bits per heavy atom. The van der Waals surface area contributed by atoms with Crippen LogP contribution in [-0.2, 0) is 0 Å². The van der Waals surface area contributed by atoms with Gasteiger partial charge in [-0.25, -0.2) is 0 Å². The summed E-state index contributed by atoms with van der Waals surface area (Å²) >= 11 is 0. The molecule has 2 N–H and O–H groups in total. The predicted molar refractivity (Wildman–Crippen MR) is 75.1 cm³/mol. The van der Waals surface area contributed by atoms with Gasteiger partial charge >= 0.3 is 0 Å². The van der Waals surface area contributed by atoms with Gasteiger partial charge in [0.1, 0.15) is 11.6 Å². The van der Waals surface area contributed by atoms with E-state index in [1.54, 1.807) is 16.9 Å². The van der Waals surface area contributed by atoms with Gasteiger partial charge in [-0.2, -0.15) is 0 Å². The second-order valence-electron chi connectivity index (χ2n) is 4.52. The van der Waals surface area contributed by atoms with Crippen LogP contribution in [0.4, 0.5) is 5.82 Å². The normalized spacial score (nSPS) is 12.7. The van der Waals surface area contributed by atoms with Crippen LogP contribution in [0.2, 0.25) is 0 Å². The van der Waals surface area contributed by atoms with E-state index < -0.39 is 0 Å². The molecule has 1 aromatic carbocycles. The molecule has 0 saturated carbocycles. The summed E-state index contributed by atoms with van der Waals surface area (Å²) in [5, 5.41) is 1.52. The molecule has 0 aliphatic rings. The molecule has 3 aromatic rings. The Balaban J connectivity index is 2.27. The summed E-state index contributed by atoms with van der Waals surface area (Å²) in [6.45, 7) is 1.89. The molecule has 1 unspecified atom stereocenters. The molecule has 0 bridgehead atoms. The third kappa shape index (κ3) is 1.81. The maximum Gasteiger partial charge on any atom is 0.260 e. The lowest BCUT2D eigenvalue weighted by Crippen LogP contribution is -2.26. The molecular formula is C15H14N2O2. The van der Waals surface area contributed by atoms with Crippen molar-refractivity contribution in [3.8, 4) is 0 Å². The molecule has 0 amide bonds. The molecule has 0 fully saturated rings. The van der Waals surface area contributed by atoms with Gasteiger partial charge in [-0.15, -0.1) is 0 Å². The van der Waals surface area contributed by atoms with Crippen LogP contribution in [0.25, 0.3) is 10.8 Å². The minimum atomic E-state index is -0.230. The molecule has 4 nitrogen and oxygen atoms in total. The molecular weight excluding hydrogens is 240 g/mol. The highest BCUT2D eigenvalue weighted by Crippen LogP contribution is 2.22. The number of benzene rings is 1. The zero-order valence-corrected chi connectivity index (χ0v) is 10.5. The van der Waals surface area contributed by atoms with Crippen LogP contribution in [0.5, 0.6) is 0 Å². The van der Waals surface area contributed by atoms with Crippen LogP contribution >= 0.6 is 0 Å². The quantitative estimate of drug-likeness (QED) is 0.765. The van der Waals surface area contributed by atoms with E-state index in [4.69, 9.17) is 10.2 Å². The second-order valence-corrected chi connectivity index (χ2v) is 4.52. The largest absolute Gasteiger partial charge is 0.467 e. The Bertz CT molecular complexity index is 772. The van der Waals surface area contributed by atoms with Crippen LogP contribution in [0, 0.1) is 0 Å². The number of furan rings is 1. The van der Waals surface area contributed by atoms with Gasteiger partial charge in [0.05, 0.1) is 12.3 Å². The molecule has 0 aliphatic carbocycles. The van der Waals surface area contributed by atoms with Crippen molar-refractivity contribution < 1.29 is 4.42 Å². The zero-order valence-electron chi connectivity index (χ0n) is 10.5. The van der Waals surface area contributed by atoms with E-state index >= 15 is 0 Å². The summed E-state index contributed by atoms with van der Waals surface area (Å²) in [7, 11) is 0. The van der Waals surface area contributed by atoms with E-state index in [0.717, 1.165) is 5.39 Å². The molecule has 0 radical (unpaired) electrons. The van der Waals surface area contributed by atoms with Crippen LogP contribution in [0.15, 0.2) is 57.9 Å². The number of fused-ring (bicyclic) bond motifs is 1. The van der Waals surface area contributed by atoms with E-state index in [0.29, 0.717) is 17.0 Å². The number of rotatable bonds is 2. The number of hydrogen-bond donors (Lipinski definition) is 1. The fourth-order valence-corrected chi connectivity index (χ4v) is 2.35. The third-order valence-corrected chi connectivity index (χ3v) is 3.33. The zero-order chi connectivity index (χ0) is 13.4. The standard InChI is InChI=1S/C15H14N2O2/c1-10(13-7-4-8-19-13)17-14(16)9-11-5-2-3-6-12(11)15(17)18/h2-10H,16H2,1H3. The fraction of sp³-hybridized carbons (Fsp3) is 0.133. The number of aromatic nitrogens is 1. The number of nitrogens with zero attached hydrogens (tertiary/aromatic N) is 1. The van der Waals surface area contributed by atoms with E-state index in [9.17, 15) is 4.79 Å². The first-order valence-corrected chi connectivity index (χ1v) is 6.11. The van der Waals surface area contributed by atoms with Crippen LogP contribution < -0.4 is 11.3 Å². The first-order chi connectivity index (χ1) is 9.18. The molecule has 4 heteroatoms. The molecule has 0 saturated heterocycles. The maximum absolute atomic E-state index is 12.5. The Labute approximate surface area is 110 Å². The molecule has 0 aliphatic heterocycles. The van der Waals surface area contributed by atoms with Gasteiger partial charge in [0.2, 0.25) is 0 Å². The minimum absolute atomic E-state index is 0.0977. The average molecular weight is 254 g/mol. The number of nitrogens with two attached hydrogens (primary N) is 1. The Morgan fingerprint density at radius 1 is 1.21 bits per heavy atom. The number of nitrogen functional groups attached to an aromatic ring is 1. The van der Waals surface area contributed by atoms with Crippen molar-refractivity contribution in [1.82, 2.24) is 4.57 Å². The Kier molecular flexibility index (Phi) is 2.63. The lowest BCUT2D eigenvalue weighted by Gasteiger charge is -2.16. The predicted octanol–water partition coefficient (Wildman–Crippen LogP) is 2.79. The first-order valence-electron chi connectivity index (χ1n) is 6.11. The lowest BCUT2D eigenvalue weighted by molar-refractivity contribution is 0.444. The highest BCUT2D eigenvalue weighted by molar-refractivity contribution is 5.83. The SMILES string of the molecule is CC(c1ccco1)n1c(N)cc2ccccc2c1=O. The van der Waals surface area contributed by atoms with E-state index in [2.05, 4.69) is 0 Å². The van der Waals surface area contributed by atoms with Crippen molar-refractivity contribution in [1.29, 1.82) is 0 Å². The van der Waals surface area contributed by atoms with Gasteiger partial charge in [-0.3, -0.25) is 9.36 Å². The summed E-state index contributed by atoms with van der Waals surface area (Å²) < 4.78 is 6.91. The van der Waals surface area contributed by atoms with Crippen molar-refractivity contribution >= 4 is 16.6 Å². The summed E-state index contributed by atoms with van der Waals surface area (Å²) in [4.78, 5) is 12.5. The molecule has 3 rings (SSSR count). The van der Waals surface area contributed by atoms with Crippen LogP contribution in [0.1, 0.15) is 18.7 Å². The minimum Gasteiger partial charge on any atom is -0.467 e. The van der Waals surface area contributed by atoms with Crippen molar-refractivity contribution in [2.75, 3.05) is 5.73 Å². The number of anilines is 1. The first kappa shape index (κ1) is 11.6. The molecule has 19 heavy (non-hydrogen) atoms. The Hall–Kier alpha value is -2.49. The van der Waals surface area contributed by atoms with Gasteiger partial charge in [0, 0.05) is 5.39 Å². The lowest BCUT2D eigenvalue weighted by atomic mass is 10.1. The summed E-state index contributed by atoms with van der Waals surface area (Å²) in [6, 6.07) is 12.7. The van der Waals surface area contributed by atoms with Crippen LogP contribution in [0.3, 0.4) is 0 Å². The topological polar surface area (TPSA) is 61.2 Å². The fourth-order valence-electron chi connectivity index (χ4n) is 2.35. The summed E-state index contributed by atoms with van der Waals surface area (Å²) in [5.41, 5.74) is 5.92. The van der Waals surface area contributed by atoms with Gasteiger partial charge < -0.3 is 10.2 Å². The van der Waals surface area contributed by atoms with Crippen molar-refractivity contribution in [3.63, 3.8) is 0 Å². The second kappa shape index (κ2) is 4.31. The van der Waals surface area contributed by atoms with E-state index in [1.807, 2.05) is 43.3 Å². The van der Waals surface area contributed by atoms with Gasteiger partial charge in [-0.1, -0.05) is 18.2 Å². The van der Waals surface area contributed by atoms with Crippen LogP contribution in [-0.4, -0.2) is 4.57 Å². The third-order valence-electron chi connectivity index (χ3n) is 3.33. The molecule has 0 spiro atoms. The molecule has 2 heterocycles. The average Bonchev–Trinajstić information content (AvgIpc) is 2.92. The van der Waals surface area contributed by atoms with Gasteiger partial charge in [0.25, 0.3) is 5.56 Å². The molecule has 96 valence electrons. The highest BCUT2D eigenvalue weighted by Gasteiger charge is 2.16. The van der Waals surface area contributed by atoms with Crippen molar-refractivity contribution in [2.24, 2.45) is 0 Å². The van der Waals surface area contributed by atoms with E-state index in [-0.39, 0.29) is 11.6 Å².